The smallest absolute Gasteiger partial charge is 0.251 e. The molecule has 0 spiro atoms. The number of amides is 1. The van der Waals surface area contributed by atoms with Gasteiger partial charge in [0.15, 0.2) is 0 Å². The molecule has 32 heavy (non-hydrogen) atoms. The van der Waals surface area contributed by atoms with Gasteiger partial charge in [-0.1, -0.05) is 17.7 Å². The number of halogens is 1. The van der Waals surface area contributed by atoms with Gasteiger partial charge < -0.3 is 9.73 Å². The molecule has 0 fully saturated rings. The molecular weight excluding hydrogens is 425 g/mol. The number of thioether (sulfide) groups is 1. The van der Waals surface area contributed by atoms with E-state index in [4.69, 9.17) is 4.42 Å². The number of carbonyl (C=O) groups is 1. The van der Waals surface area contributed by atoms with Gasteiger partial charge in [0.25, 0.3) is 5.91 Å². The summed E-state index contributed by atoms with van der Waals surface area (Å²) >= 11 is 1.68. The fourth-order valence-electron chi connectivity index (χ4n) is 3.76. The molecule has 0 saturated heterocycles. The lowest BCUT2D eigenvalue weighted by atomic mass is 10.0. The van der Waals surface area contributed by atoms with Crippen LogP contribution in [0.15, 0.2) is 76.0 Å². The second kappa shape index (κ2) is 8.59. The highest BCUT2D eigenvalue weighted by atomic mass is 32.2. The van der Waals surface area contributed by atoms with Crippen LogP contribution in [0.2, 0.25) is 0 Å². The predicted molar refractivity (Wildman–Crippen MR) is 122 cm³/mol. The summed E-state index contributed by atoms with van der Waals surface area (Å²) in [4.78, 5) is 13.8. The van der Waals surface area contributed by atoms with E-state index in [1.807, 2.05) is 31.2 Å². The van der Waals surface area contributed by atoms with Gasteiger partial charge >= 0.3 is 0 Å². The maximum Gasteiger partial charge on any atom is 0.251 e. The van der Waals surface area contributed by atoms with Crippen LogP contribution in [0.4, 0.5) is 4.39 Å². The summed E-state index contributed by atoms with van der Waals surface area (Å²) in [5.74, 6) is 1.23. The van der Waals surface area contributed by atoms with Gasteiger partial charge in [-0.25, -0.2) is 4.39 Å². The second-order valence-corrected chi connectivity index (χ2v) is 8.84. The van der Waals surface area contributed by atoms with E-state index >= 15 is 0 Å². The van der Waals surface area contributed by atoms with E-state index in [0.717, 1.165) is 39.3 Å². The van der Waals surface area contributed by atoms with Crippen LogP contribution in [-0.4, -0.2) is 21.9 Å². The normalized spacial score (nSPS) is 15.2. The number of fused-ring (bicyclic) bond motifs is 1. The zero-order valence-electron chi connectivity index (χ0n) is 17.3. The Morgan fingerprint density at radius 2 is 1.81 bits per heavy atom. The molecule has 0 saturated carbocycles. The van der Waals surface area contributed by atoms with Crippen LogP contribution >= 0.6 is 11.8 Å². The molecule has 5 rings (SSSR count). The molecule has 1 N–H and O–H groups in total. The molecule has 1 aliphatic rings. The Labute approximate surface area is 189 Å². The Bertz CT molecular complexity index is 1290. The SMILES string of the molecule is Cc1cccc(-c2nnc(-c3ccc(C(=O)NC4CCSc5ccc(F)cc54)cc3)o2)c1. The van der Waals surface area contributed by atoms with Crippen molar-refractivity contribution < 1.29 is 13.6 Å². The average molecular weight is 446 g/mol. The molecule has 0 aliphatic carbocycles. The lowest BCUT2D eigenvalue weighted by molar-refractivity contribution is 0.0935. The summed E-state index contributed by atoms with van der Waals surface area (Å²) in [6.07, 6.45) is 0.759. The van der Waals surface area contributed by atoms with E-state index in [9.17, 15) is 9.18 Å². The van der Waals surface area contributed by atoms with Crippen LogP contribution in [0, 0.1) is 12.7 Å². The van der Waals surface area contributed by atoms with Crippen molar-refractivity contribution in [3.63, 3.8) is 0 Å². The van der Waals surface area contributed by atoms with Gasteiger partial charge in [-0.05, 0) is 73.5 Å². The van der Waals surface area contributed by atoms with Crippen LogP contribution < -0.4 is 5.32 Å². The maximum absolute atomic E-state index is 13.7. The molecule has 1 amide bonds. The number of aryl methyl sites for hydroxylation is 1. The first kappa shape index (κ1) is 20.5. The van der Waals surface area contributed by atoms with E-state index in [-0.39, 0.29) is 17.8 Å². The summed E-state index contributed by atoms with van der Waals surface area (Å²) in [6, 6.07) is 19.4. The summed E-state index contributed by atoms with van der Waals surface area (Å²) < 4.78 is 19.5. The Hall–Kier alpha value is -3.45. The second-order valence-electron chi connectivity index (χ2n) is 7.70. The third kappa shape index (κ3) is 4.16. The highest BCUT2D eigenvalue weighted by Crippen LogP contribution is 2.36. The number of nitrogens with one attached hydrogen (secondary N) is 1. The van der Waals surface area contributed by atoms with E-state index in [1.165, 1.54) is 12.1 Å². The largest absolute Gasteiger partial charge is 0.416 e. The van der Waals surface area contributed by atoms with Crippen LogP contribution in [0.1, 0.15) is 33.9 Å². The number of hydrogen-bond donors (Lipinski definition) is 1. The predicted octanol–water partition coefficient (Wildman–Crippen LogP) is 5.82. The van der Waals surface area contributed by atoms with Gasteiger partial charge in [-0.3, -0.25) is 4.79 Å². The van der Waals surface area contributed by atoms with Crippen LogP contribution in [-0.2, 0) is 0 Å². The quantitative estimate of drug-likeness (QED) is 0.429. The van der Waals surface area contributed by atoms with Gasteiger partial charge in [0.2, 0.25) is 11.8 Å². The van der Waals surface area contributed by atoms with Gasteiger partial charge in [0.1, 0.15) is 5.82 Å². The van der Waals surface area contributed by atoms with Crippen LogP contribution in [0.5, 0.6) is 0 Å². The zero-order valence-corrected chi connectivity index (χ0v) is 18.2. The molecule has 7 heteroatoms. The third-order valence-corrected chi connectivity index (χ3v) is 6.52. The molecule has 0 bridgehead atoms. The first-order chi connectivity index (χ1) is 15.6. The summed E-state index contributed by atoms with van der Waals surface area (Å²) in [6.45, 7) is 2.01. The molecular formula is C25H20FN3O2S. The monoisotopic (exact) mass is 445 g/mol. The summed E-state index contributed by atoms with van der Waals surface area (Å²) in [5.41, 5.74) is 4.06. The van der Waals surface area contributed by atoms with Crippen molar-refractivity contribution in [2.45, 2.75) is 24.3 Å². The van der Waals surface area contributed by atoms with Gasteiger partial charge in [0.05, 0.1) is 6.04 Å². The van der Waals surface area contributed by atoms with Gasteiger partial charge in [0, 0.05) is 27.3 Å². The molecule has 1 aromatic heterocycles. The zero-order chi connectivity index (χ0) is 22.1. The maximum atomic E-state index is 13.7. The summed E-state index contributed by atoms with van der Waals surface area (Å²) in [5, 5.41) is 11.3. The average Bonchev–Trinajstić information content (AvgIpc) is 3.30. The molecule has 3 aromatic carbocycles. The number of benzene rings is 3. The Morgan fingerprint density at radius 3 is 2.59 bits per heavy atom. The van der Waals surface area contributed by atoms with E-state index in [1.54, 1.807) is 42.1 Å². The fraction of sp³-hybridized carbons (Fsp3) is 0.160. The minimum atomic E-state index is -0.292. The number of carbonyl (C=O) groups excluding carboxylic acids is 1. The number of aromatic nitrogens is 2. The van der Waals surface area contributed by atoms with Crippen molar-refractivity contribution >= 4 is 17.7 Å². The van der Waals surface area contributed by atoms with E-state index in [2.05, 4.69) is 15.5 Å². The lowest BCUT2D eigenvalue weighted by Gasteiger charge is -2.26. The van der Waals surface area contributed by atoms with Crippen molar-refractivity contribution in [1.82, 2.24) is 15.5 Å². The lowest BCUT2D eigenvalue weighted by Crippen LogP contribution is -2.30. The number of nitrogens with zero attached hydrogens (tertiary/aromatic N) is 2. The Kier molecular flexibility index (Phi) is 5.49. The molecule has 160 valence electrons. The van der Waals surface area contributed by atoms with Crippen molar-refractivity contribution in [3.05, 3.63) is 89.2 Å². The first-order valence-electron chi connectivity index (χ1n) is 10.3. The highest BCUT2D eigenvalue weighted by molar-refractivity contribution is 7.99. The van der Waals surface area contributed by atoms with Crippen LogP contribution in [0.3, 0.4) is 0 Å². The molecule has 1 atom stereocenters. The van der Waals surface area contributed by atoms with Crippen molar-refractivity contribution in [1.29, 1.82) is 0 Å². The standard InChI is InChI=1S/C25H20FN3O2S/c1-15-3-2-4-18(13-15)25-29-28-24(31-25)17-7-5-16(6-8-17)23(30)27-21-11-12-32-22-10-9-19(26)14-20(21)22/h2-10,13-14,21H,11-12H2,1H3,(H,27,30). The number of rotatable bonds is 4. The molecule has 0 radical (unpaired) electrons. The van der Waals surface area contributed by atoms with Crippen LogP contribution in [0.25, 0.3) is 22.9 Å². The highest BCUT2D eigenvalue weighted by Gasteiger charge is 2.23. The van der Waals surface area contributed by atoms with Gasteiger partial charge in [-0.2, -0.15) is 0 Å². The Balaban J connectivity index is 1.32. The number of hydrogen-bond acceptors (Lipinski definition) is 5. The molecule has 1 unspecified atom stereocenters. The first-order valence-corrected chi connectivity index (χ1v) is 11.3. The van der Waals surface area contributed by atoms with Crippen molar-refractivity contribution in [2.75, 3.05) is 5.75 Å². The third-order valence-electron chi connectivity index (χ3n) is 5.40. The summed E-state index contributed by atoms with van der Waals surface area (Å²) in [7, 11) is 0. The molecule has 5 nitrogen and oxygen atoms in total. The van der Waals surface area contributed by atoms with Gasteiger partial charge in [-0.15, -0.1) is 22.0 Å². The topological polar surface area (TPSA) is 68.0 Å². The van der Waals surface area contributed by atoms with Crippen molar-refractivity contribution in [2.24, 2.45) is 0 Å². The molecule has 1 aliphatic heterocycles. The van der Waals surface area contributed by atoms with E-state index in [0.29, 0.717) is 17.3 Å². The molecule has 2 heterocycles. The minimum Gasteiger partial charge on any atom is -0.416 e. The Morgan fingerprint density at radius 1 is 1.03 bits per heavy atom. The van der Waals surface area contributed by atoms with E-state index < -0.39 is 0 Å². The van der Waals surface area contributed by atoms with Crippen molar-refractivity contribution in [3.8, 4) is 22.9 Å². The molecule has 4 aromatic rings. The fourth-order valence-corrected chi connectivity index (χ4v) is 4.86. The minimum absolute atomic E-state index is 0.199.